The number of aromatic nitrogens is 1. The summed E-state index contributed by atoms with van der Waals surface area (Å²) in [7, 11) is 1.72. The Balaban J connectivity index is 0.00000696. The number of hydrogen-bond acceptors (Lipinski definition) is 6. The second kappa shape index (κ2) is 29.5. The third-order valence-corrected chi connectivity index (χ3v) is 11.1. The minimum Gasteiger partial charge on any atom is -0.412 e. The summed E-state index contributed by atoms with van der Waals surface area (Å²) in [6, 6.07) is 39.3. The van der Waals surface area contributed by atoms with Gasteiger partial charge in [0.05, 0.1) is 23.4 Å². The molecule has 1 unspecified atom stereocenters. The van der Waals surface area contributed by atoms with E-state index in [0.29, 0.717) is 44.8 Å². The molecule has 327 valence electrons. The number of carbonyl (C=O) groups is 2. The average Bonchev–Trinajstić information content (AvgIpc) is 3.66. The smallest absolute Gasteiger partial charge is 0.318 e. The molecular formula is C46H63AcN5O6PdS. The van der Waals surface area contributed by atoms with Crippen LogP contribution in [0.15, 0.2) is 127 Å². The summed E-state index contributed by atoms with van der Waals surface area (Å²) < 4.78 is 0. The number of thiazole rings is 1. The van der Waals surface area contributed by atoms with Crippen molar-refractivity contribution in [1.29, 1.82) is 0 Å². The maximum atomic E-state index is 14.2. The molecule has 0 spiro atoms. The summed E-state index contributed by atoms with van der Waals surface area (Å²) in [6.07, 6.45) is 0.676. The van der Waals surface area contributed by atoms with E-state index in [1.165, 1.54) is 0 Å². The Morgan fingerprint density at radius 1 is 0.683 bits per heavy atom. The van der Waals surface area contributed by atoms with Gasteiger partial charge in [0.2, 0.25) is 5.91 Å². The van der Waals surface area contributed by atoms with E-state index in [2.05, 4.69) is 70.8 Å². The van der Waals surface area contributed by atoms with E-state index in [0.717, 1.165) is 33.0 Å². The van der Waals surface area contributed by atoms with Crippen molar-refractivity contribution in [3.63, 3.8) is 0 Å². The predicted molar refractivity (Wildman–Crippen MR) is 234 cm³/mol. The Kier molecular flexibility index (Phi) is 28.1. The first-order valence-corrected chi connectivity index (χ1v) is 20.3. The fourth-order valence-electron chi connectivity index (χ4n) is 6.88. The van der Waals surface area contributed by atoms with Crippen LogP contribution in [-0.2, 0) is 57.7 Å². The Hall–Kier alpha value is -2.85. The first kappa shape index (κ1) is 57.2. The van der Waals surface area contributed by atoms with Crippen LogP contribution in [0.1, 0.15) is 73.0 Å². The van der Waals surface area contributed by atoms with E-state index in [4.69, 9.17) is 0 Å². The number of rotatable bonds is 19. The number of nitrogens with one attached hydrogen (secondary N) is 2. The Morgan fingerprint density at radius 2 is 1.13 bits per heavy atom. The van der Waals surface area contributed by atoms with Crippen molar-refractivity contribution in [1.82, 2.24) is 25.4 Å². The molecule has 9 N–H and O–H groups in total. The first-order chi connectivity index (χ1) is 26.5. The van der Waals surface area contributed by atoms with E-state index in [1.54, 1.807) is 23.3 Å². The van der Waals surface area contributed by atoms with E-state index in [9.17, 15) is 14.7 Å². The summed E-state index contributed by atoms with van der Waals surface area (Å²) in [4.78, 5) is 36.3. The quantitative estimate of drug-likeness (QED) is 0.0886. The number of carbonyl (C=O) groups excluding carboxylic acids is 2. The van der Waals surface area contributed by atoms with Gasteiger partial charge in [-0.15, -0.1) is 11.3 Å². The molecule has 11 nitrogen and oxygen atoms in total. The Bertz CT molecular complexity index is 1860. The molecule has 0 bridgehead atoms. The maximum absolute atomic E-state index is 14.2. The van der Waals surface area contributed by atoms with Gasteiger partial charge in [-0.05, 0) is 47.4 Å². The maximum Gasteiger partial charge on any atom is 0.318 e. The van der Waals surface area contributed by atoms with Crippen LogP contribution in [0.5, 0.6) is 0 Å². The molecular weight excluding hydrogens is 1080 g/mol. The molecule has 0 aliphatic rings. The minimum atomic E-state index is -0.797. The molecule has 0 saturated heterocycles. The van der Waals surface area contributed by atoms with Gasteiger partial charge in [-0.1, -0.05) is 149 Å². The molecule has 14 heteroatoms. The normalized spacial score (nSPS) is 12.6. The molecule has 0 aliphatic carbocycles. The van der Waals surface area contributed by atoms with Gasteiger partial charge in [-0.3, -0.25) is 9.69 Å². The van der Waals surface area contributed by atoms with Crippen molar-refractivity contribution in [2.24, 2.45) is 5.92 Å². The van der Waals surface area contributed by atoms with Gasteiger partial charge in [-0.25, -0.2) is 9.78 Å². The second-order valence-electron chi connectivity index (χ2n) is 15.2. The van der Waals surface area contributed by atoms with Crippen molar-refractivity contribution in [2.75, 3.05) is 7.05 Å². The fourth-order valence-corrected chi connectivity index (χ4v) is 7.70. The monoisotopic (exact) mass is 1150 g/mol. The summed E-state index contributed by atoms with van der Waals surface area (Å²) >= 11 is 1.59. The fraction of sp³-hybridized carbons (Fsp3) is 0.370. The molecule has 4 aromatic carbocycles. The SMILES string of the molecule is CC(C)c1nc(CN(C)C(=O)N[C@H](C(=O)N[C@@H](Cc2ccccc2)CC(O)[C@H](Cc2ccccc2)N(Cc2ccccc2)Cc2ccccc2)C(C)C)cs1.O.O.O.[Ac].[Pd]. The van der Waals surface area contributed by atoms with Crippen LogP contribution >= 0.6 is 11.3 Å². The Labute approximate surface area is 409 Å². The van der Waals surface area contributed by atoms with Crippen molar-refractivity contribution < 1.29 is 95.6 Å². The van der Waals surface area contributed by atoms with Gasteiger partial charge in [-0.2, -0.15) is 0 Å². The molecule has 1 radical (unpaired) electrons. The van der Waals surface area contributed by atoms with Crippen LogP contribution in [0.3, 0.4) is 0 Å². The van der Waals surface area contributed by atoms with E-state index in [-0.39, 0.29) is 105 Å². The topological polar surface area (TPSA) is 192 Å². The second-order valence-corrected chi connectivity index (χ2v) is 16.1. The van der Waals surface area contributed by atoms with Crippen molar-refractivity contribution in [3.05, 3.63) is 160 Å². The summed E-state index contributed by atoms with van der Waals surface area (Å²) in [5.74, 6) is -0.131. The van der Waals surface area contributed by atoms with Crippen LogP contribution in [0.2, 0.25) is 0 Å². The van der Waals surface area contributed by atoms with Crippen LogP contribution < -0.4 is 10.6 Å². The van der Waals surface area contributed by atoms with Crippen LogP contribution in [0.4, 0.5) is 4.79 Å². The van der Waals surface area contributed by atoms with Crippen molar-refractivity contribution in [3.8, 4) is 0 Å². The zero-order valence-electron chi connectivity index (χ0n) is 35.2. The van der Waals surface area contributed by atoms with Gasteiger partial charge in [0.15, 0.2) is 0 Å². The van der Waals surface area contributed by atoms with Gasteiger partial charge in [0.1, 0.15) is 6.04 Å². The third-order valence-electron chi connectivity index (χ3n) is 9.89. The van der Waals surface area contributed by atoms with Crippen molar-refractivity contribution in [2.45, 2.75) is 96.7 Å². The number of aliphatic hydroxyl groups excluding tert-OH is 1. The number of aliphatic hydroxyl groups is 1. The van der Waals surface area contributed by atoms with Gasteiger partial charge in [0.25, 0.3) is 0 Å². The zero-order chi connectivity index (χ0) is 39.2. The molecule has 0 fully saturated rings. The van der Waals surface area contributed by atoms with Crippen molar-refractivity contribution >= 4 is 23.3 Å². The number of amides is 3. The molecule has 1 heterocycles. The molecule has 1 aromatic heterocycles. The summed E-state index contributed by atoms with van der Waals surface area (Å²) in [5, 5.41) is 21.7. The largest absolute Gasteiger partial charge is 0.412 e. The van der Waals surface area contributed by atoms with E-state index >= 15 is 0 Å². The molecule has 5 rings (SSSR count). The molecule has 0 saturated carbocycles. The number of urea groups is 1. The van der Waals surface area contributed by atoms with Crippen LogP contribution in [-0.4, -0.2) is 79.5 Å². The van der Waals surface area contributed by atoms with E-state index < -0.39 is 18.2 Å². The molecule has 5 aromatic rings. The number of hydrogen-bond donors (Lipinski definition) is 3. The molecule has 3 amide bonds. The van der Waals surface area contributed by atoms with Gasteiger partial charge in [0, 0.05) is 108 Å². The molecule has 60 heavy (non-hydrogen) atoms. The standard InChI is InChI=1S/C46H57N5O3S.Ac.3H2O.Pd/c1-33(2)43(49-46(54)50(5)31-40-32-55-45(48-40)34(3)4)44(53)47-39(26-35-18-10-6-11-19-35)28-42(52)41(27-36-20-12-7-13-21-36)51(29-37-22-14-8-15-23-37)30-38-24-16-9-17-25-38;;;;;/h6-25,32-34,39,41-43,52H,26-31H2,1-5H3,(H,47,53)(H,49,54);;3*1H2;/t39-,41-,42?,43-;;;;;/m0...../s1. The van der Waals surface area contributed by atoms with Crippen LogP contribution in [0, 0.1) is 50.0 Å². The average molecular weight is 1150 g/mol. The summed E-state index contributed by atoms with van der Waals surface area (Å²) in [5.41, 5.74) is 5.33. The minimum absolute atomic E-state index is 0. The summed E-state index contributed by atoms with van der Waals surface area (Å²) in [6.45, 7) is 9.70. The van der Waals surface area contributed by atoms with Crippen LogP contribution in [0.25, 0.3) is 0 Å². The Morgan fingerprint density at radius 3 is 1.57 bits per heavy atom. The zero-order valence-corrected chi connectivity index (χ0v) is 42.4. The van der Waals surface area contributed by atoms with E-state index in [1.807, 2.05) is 104 Å². The molecule has 4 atom stereocenters. The first-order valence-electron chi connectivity index (χ1n) is 19.4. The number of nitrogens with zero attached hydrogens (tertiary/aromatic N) is 3. The number of benzene rings is 4. The van der Waals surface area contributed by atoms with Gasteiger partial charge >= 0.3 is 6.03 Å². The predicted octanol–water partition coefficient (Wildman–Crippen LogP) is 5.75. The molecule has 0 aliphatic heterocycles. The third kappa shape index (κ3) is 18.2. The van der Waals surface area contributed by atoms with Gasteiger partial charge < -0.3 is 37.1 Å².